The van der Waals surface area contributed by atoms with Crippen LogP contribution in [0.4, 0.5) is 4.39 Å². The van der Waals surface area contributed by atoms with Crippen molar-refractivity contribution in [2.24, 2.45) is 7.05 Å². The highest BCUT2D eigenvalue weighted by atomic mass is 19.1. The van der Waals surface area contributed by atoms with E-state index in [0.717, 1.165) is 5.56 Å². The summed E-state index contributed by atoms with van der Waals surface area (Å²) in [5.74, 6) is -0.575. The normalized spacial score (nSPS) is 12.0. The topological polar surface area (TPSA) is 42.3 Å². The lowest BCUT2D eigenvalue weighted by Crippen LogP contribution is -2.30. The minimum absolute atomic E-state index is 0.0797. The maximum absolute atomic E-state index is 13.0. The van der Waals surface area contributed by atoms with Gasteiger partial charge in [0.05, 0.1) is 6.04 Å². The van der Waals surface area contributed by atoms with E-state index in [0.29, 0.717) is 11.3 Å². The van der Waals surface area contributed by atoms with Crippen molar-refractivity contribution in [3.8, 4) is 0 Å². The highest BCUT2D eigenvalue weighted by molar-refractivity contribution is 5.99. The summed E-state index contributed by atoms with van der Waals surface area (Å²) in [4.78, 5) is 25.6. The minimum atomic E-state index is -0.307. The molecule has 4 nitrogen and oxygen atoms in total. The third-order valence-electron chi connectivity index (χ3n) is 3.88. The molecular weight excluding hydrogens is 283 g/mol. The van der Waals surface area contributed by atoms with Crippen LogP contribution in [0.1, 0.15) is 46.3 Å². The summed E-state index contributed by atoms with van der Waals surface area (Å²) in [5.41, 5.74) is 1.80. The van der Waals surface area contributed by atoms with Crippen LogP contribution in [-0.4, -0.2) is 28.2 Å². The Morgan fingerprint density at radius 1 is 1.23 bits per heavy atom. The van der Waals surface area contributed by atoms with E-state index in [1.54, 1.807) is 48.0 Å². The molecule has 0 fully saturated rings. The molecule has 5 heteroatoms. The maximum Gasteiger partial charge on any atom is 0.270 e. The van der Waals surface area contributed by atoms with Crippen LogP contribution in [0.25, 0.3) is 0 Å². The van der Waals surface area contributed by atoms with Gasteiger partial charge in [0.15, 0.2) is 5.78 Å². The number of nitrogens with zero attached hydrogens (tertiary/aromatic N) is 2. The first-order valence-electron chi connectivity index (χ1n) is 7.01. The molecule has 0 aliphatic heterocycles. The van der Waals surface area contributed by atoms with Gasteiger partial charge >= 0.3 is 0 Å². The molecule has 0 saturated carbocycles. The number of ketones is 1. The smallest absolute Gasteiger partial charge is 0.270 e. The fourth-order valence-electron chi connectivity index (χ4n) is 2.29. The fourth-order valence-corrected chi connectivity index (χ4v) is 2.29. The zero-order valence-electron chi connectivity index (χ0n) is 13.1. The van der Waals surface area contributed by atoms with E-state index in [9.17, 15) is 14.0 Å². The average Bonchev–Trinajstić information content (AvgIpc) is 2.88. The van der Waals surface area contributed by atoms with Gasteiger partial charge in [-0.25, -0.2) is 4.39 Å². The van der Waals surface area contributed by atoms with Crippen LogP contribution in [0.5, 0.6) is 0 Å². The van der Waals surface area contributed by atoms with Crippen molar-refractivity contribution in [3.63, 3.8) is 0 Å². The van der Waals surface area contributed by atoms with Gasteiger partial charge in [-0.2, -0.15) is 0 Å². The summed E-state index contributed by atoms with van der Waals surface area (Å²) >= 11 is 0. The monoisotopic (exact) mass is 302 g/mol. The van der Waals surface area contributed by atoms with Gasteiger partial charge in [0.2, 0.25) is 0 Å². The van der Waals surface area contributed by atoms with E-state index < -0.39 is 0 Å². The number of aryl methyl sites for hydroxylation is 1. The molecular formula is C17H19FN2O2. The van der Waals surface area contributed by atoms with Gasteiger partial charge in [0, 0.05) is 25.9 Å². The van der Waals surface area contributed by atoms with Crippen LogP contribution in [0.15, 0.2) is 36.5 Å². The summed E-state index contributed by atoms with van der Waals surface area (Å²) in [6.07, 6.45) is 1.64. The van der Waals surface area contributed by atoms with Crippen molar-refractivity contribution in [2.75, 3.05) is 7.05 Å². The molecule has 0 radical (unpaired) electrons. The number of rotatable bonds is 4. The SMILES string of the molecule is CC(=O)c1cc(C(=O)N(C)[C@H](C)c2ccc(F)cc2)n(C)c1. The highest BCUT2D eigenvalue weighted by Crippen LogP contribution is 2.21. The second kappa shape index (κ2) is 6.13. The van der Waals surface area contributed by atoms with E-state index in [2.05, 4.69) is 0 Å². The molecule has 1 aromatic carbocycles. The molecule has 1 atom stereocenters. The second-order valence-electron chi connectivity index (χ2n) is 5.42. The molecule has 0 saturated heterocycles. The molecule has 0 unspecified atom stereocenters. The number of hydrogen-bond donors (Lipinski definition) is 0. The standard InChI is InChI=1S/C17H19FN2O2/c1-11(13-5-7-15(18)8-6-13)20(4)17(22)16-9-14(12(2)21)10-19(16)3/h5-11H,1-4H3/t11-/m1/s1. The Hall–Kier alpha value is -2.43. The Morgan fingerprint density at radius 3 is 2.32 bits per heavy atom. The number of hydrogen-bond acceptors (Lipinski definition) is 2. The second-order valence-corrected chi connectivity index (χ2v) is 5.42. The molecule has 1 heterocycles. The van der Waals surface area contributed by atoms with E-state index in [4.69, 9.17) is 0 Å². The lowest BCUT2D eigenvalue weighted by molar-refractivity contribution is 0.0733. The Morgan fingerprint density at radius 2 is 1.82 bits per heavy atom. The zero-order valence-corrected chi connectivity index (χ0v) is 13.1. The van der Waals surface area contributed by atoms with Crippen LogP contribution < -0.4 is 0 Å². The average molecular weight is 302 g/mol. The first-order valence-corrected chi connectivity index (χ1v) is 7.01. The van der Waals surface area contributed by atoms with Gasteiger partial charge < -0.3 is 9.47 Å². The maximum atomic E-state index is 13.0. The lowest BCUT2D eigenvalue weighted by Gasteiger charge is -2.25. The van der Waals surface area contributed by atoms with Gasteiger partial charge in [-0.1, -0.05) is 12.1 Å². The molecule has 22 heavy (non-hydrogen) atoms. The Labute approximate surface area is 129 Å². The van der Waals surface area contributed by atoms with Crippen molar-refractivity contribution in [1.29, 1.82) is 0 Å². The Balaban J connectivity index is 2.24. The van der Waals surface area contributed by atoms with Crippen molar-refractivity contribution < 1.29 is 14.0 Å². The summed E-state index contributed by atoms with van der Waals surface area (Å²) in [6.45, 7) is 3.34. The number of halogens is 1. The number of amides is 1. The molecule has 0 bridgehead atoms. The van der Waals surface area contributed by atoms with Gasteiger partial charge in [0.1, 0.15) is 11.5 Å². The number of carbonyl (C=O) groups excluding carboxylic acids is 2. The van der Waals surface area contributed by atoms with E-state index in [1.807, 2.05) is 6.92 Å². The van der Waals surface area contributed by atoms with Crippen LogP contribution in [0, 0.1) is 5.82 Å². The minimum Gasteiger partial charge on any atom is -0.346 e. The molecule has 2 rings (SSSR count). The first kappa shape index (κ1) is 15.9. The molecule has 116 valence electrons. The van der Waals surface area contributed by atoms with E-state index in [1.165, 1.54) is 19.1 Å². The van der Waals surface area contributed by atoms with Gasteiger partial charge in [-0.05, 0) is 37.6 Å². The van der Waals surface area contributed by atoms with Crippen LogP contribution in [-0.2, 0) is 7.05 Å². The molecule has 2 aromatic rings. The third-order valence-corrected chi connectivity index (χ3v) is 3.88. The molecule has 0 aliphatic carbocycles. The predicted molar refractivity (Wildman–Crippen MR) is 82.3 cm³/mol. The molecule has 0 aliphatic rings. The molecule has 0 N–H and O–H groups in total. The summed E-state index contributed by atoms with van der Waals surface area (Å²) < 4.78 is 14.6. The molecule has 1 amide bonds. The van der Waals surface area contributed by atoms with Crippen molar-refractivity contribution in [3.05, 3.63) is 59.2 Å². The number of aromatic nitrogens is 1. The predicted octanol–water partition coefficient (Wildman–Crippen LogP) is 3.20. The first-order chi connectivity index (χ1) is 10.3. The highest BCUT2D eigenvalue weighted by Gasteiger charge is 2.22. The van der Waals surface area contributed by atoms with Crippen molar-refractivity contribution in [2.45, 2.75) is 19.9 Å². The van der Waals surface area contributed by atoms with E-state index >= 15 is 0 Å². The van der Waals surface area contributed by atoms with Gasteiger partial charge in [-0.3, -0.25) is 9.59 Å². The Bertz CT molecular complexity index is 704. The van der Waals surface area contributed by atoms with Crippen molar-refractivity contribution in [1.82, 2.24) is 9.47 Å². The summed E-state index contributed by atoms with van der Waals surface area (Å²) in [6, 6.07) is 7.47. The van der Waals surface area contributed by atoms with Crippen LogP contribution in [0.3, 0.4) is 0 Å². The van der Waals surface area contributed by atoms with Crippen LogP contribution in [0.2, 0.25) is 0 Å². The van der Waals surface area contributed by atoms with Gasteiger partial charge in [-0.15, -0.1) is 0 Å². The number of Topliss-reactive ketones (excluding diaryl/α,β-unsaturated/α-hetero) is 1. The Kier molecular flexibility index (Phi) is 4.45. The summed E-state index contributed by atoms with van der Waals surface area (Å²) in [5, 5.41) is 0. The van der Waals surface area contributed by atoms with Crippen LogP contribution >= 0.6 is 0 Å². The third kappa shape index (κ3) is 3.08. The van der Waals surface area contributed by atoms with Crippen molar-refractivity contribution >= 4 is 11.7 Å². The largest absolute Gasteiger partial charge is 0.346 e. The lowest BCUT2D eigenvalue weighted by atomic mass is 10.1. The summed E-state index contributed by atoms with van der Waals surface area (Å²) in [7, 11) is 3.42. The fraction of sp³-hybridized carbons (Fsp3) is 0.294. The number of carbonyl (C=O) groups is 2. The zero-order chi connectivity index (χ0) is 16.4. The van der Waals surface area contributed by atoms with E-state index in [-0.39, 0.29) is 23.5 Å². The molecule has 0 spiro atoms. The molecule has 1 aromatic heterocycles. The van der Waals surface area contributed by atoms with Gasteiger partial charge in [0.25, 0.3) is 5.91 Å². The quantitative estimate of drug-likeness (QED) is 0.814. The number of benzene rings is 1.